The van der Waals surface area contributed by atoms with Crippen molar-refractivity contribution in [2.45, 2.75) is 5.92 Å². The summed E-state index contributed by atoms with van der Waals surface area (Å²) >= 11 is 5.72. The van der Waals surface area contributed by atoms with Crippen molar-refractivity contribution in [3.63, 3.8) is 0 Å². The summed E-state index contributed by atoms with van der Waals surface area (Å²) in [6.07, 6.45) is 2.60. The van der Waals surface area contributed by atoms with Gasteiger partial charge in [-0.05, 0) is 6.07 Å². The summed E-state index contributed by atoms with van der Waals surface area (Å²) in [5.74, 6) is -1.10. The number of aromatic nitrogens is 1. The van der Waals surface area contributed by atoms with Crippen molar-refractivity contribution in [2.75, 3.05) is 6.61 Å². The van der Waals surface area contributed by atoms with Crippen LogP contribution < -0.4 is 0 Å². The van der Waals surface area contributed by atoms with Gasteiger partial charge in [-0.25, -0.2) is 9.37 Å². The van der Waals surface area contributed by atoms with E-state index in [2.05, 4.69) is 4.98 Å². The normalized spacial score (nSPS) is 12.1. The van der Waals surface area contributed by atoms with Gasteiger partial charge < -0.3 is 9.15 Å². The molecule has 0 radical (unpaired) electrons. The molecule has 94 valence electrons. The zero-order valence-electron chi connectivity index (χ0n) is 9.18. The molecule has 1 unspecified atom stereocenters. The molecule has 18 heavy (non-hydrogen) atoms. The maximum Gasteiger partial charge on any atom is 0.293 e. The molecule has 1 atom stereocenters. The Morgan fingerprint density at radius 2 is 2.39 bits per heavy atom. The number of ether oxygens (including phenoxy) is 1. The first-order valence-electron chi connectivity index (χ1n) is 5.11. The van der Waals surface area contributed by atoms with E-state index in [1.807, 2.05) is 0 Å². The van der Waals surface area contributed by atoms with Gasteiger partial charge >= 0.3 is 0 Å². The van der Waals surface area contributed by atoms with Crippen molar-refractivity contribution >= 4 is 18.1 Å². The highest BCUT2D eigenvalue weighted by atomic mass is 35.5. The van der Waals surface area contributed by atoms with Gasteiger partial charge in [0.2, 0.25) is 0 Å². The minimum absolute atomic E-state index is 0.00657. The van der Waals surface area contributed by atoms with Crippen LogP contribution in [-0.2, 0) is 9.53 Å². The summed E-state index contributed by atoms with van der Waals surface area (Å²) in [6.45, 7) is 0.267. The van der Waals surface area contributed by atoms with Gasteiger partial charge in [-0.3, -0.25) is 4.79 Å². The average Bonchev–Trinajstić information content (AvgIpc) is 2.88. The lowest BCUT2D eigenvalue weighted by molar-refractivity contribution is -0.129. The molecule has 2 rings (SSSR count). The molecule has 0 saturated carbocycles. The van der Waals surface area contributed by atoms with Crippen molar-refractivity contribution in [2.24, 2.45) is 0 Å². The molecule has 1 heterocycles. The number of halogens is 2. The first-order valence-corrected chi connectivity index (χ1v) is 5.49. The van der Waals surface area contributed by atoms with Crippen molar-refractivity contribution in [1.29, 1.82) is 0 Å². The summed E-state index contributed by atoms with van der Waals surface area (Å²) < 4.78 is 23.5. The number of hydrogen-bond acceptors (Lipinski definition) is 4. The van der Waals surface area contributed by atoms with E-state index in [0.717, 1.165) is 0 Å². The largest absolute Gasteiger partial charge is 0.467 e. The summed E-state index contributed by atoms with van der Waals surface area (Å²) in [4.78, 5) is 14.2. The number of rotatable bonds is 5. The monoisotopic (exact) mass is 269 g/mol. The topological polar surface area (TPSA) is 52.3 Å². The lowest BCUT2D eigenvalue weighted by atomic mass is 9.96. The summed E-state index contributed by atoms with van der Waals surface area (Å²) in [6, 6.07) is 4.63. The number of oxazole rings is 1. The van der Waals surface area contributed by atoms with E-state index in [1.165, 1.54) is 18.7 Å². The number of nitrogens with zero attached hydrogens (tertiary/aromatic N) is 1. The van der Waals surface area contributed by atoms with Gasteiger partial charge in [-0.1, -0.05) is 23.7 Å². The molecule has 0 amide bonds. The molecule has 1 aromatic carbocycles. The molecular formula is C12H9ClFNO3. The fourth-order valence-electron chi connectivity index (χ4n) is 1.65. The van der Waals surface area contributed by atoms with Crippen molar-refractivity contribution in [1.82, 2.24) is 4.98 Å². The Balaban J connectivity index is 2.39. The molecule has 0 aliphatic rings. The molecule has 0 N–H and O–H groups in total. The van der Waals surface area contributed by atoms with E-state index in [0.29, 0.717) is 17.7 Å². The molecule has 1 aromatic heterocycles. The first kappa shape index (κ1) is 12.6. The summed E-state index contributed by atoms with van der Waals surface area (Å²) in [5, 5.41) is 0.00657. The Kier molecular flexibility index (Phi) is 3.94. The van der Waals surface area contributed by atoms with Crippen LogP contribution in [0.25, 0.3) is 0 Å². The minimum atomic E-state index is -0.554. The van der Waals surface area contributed by atoms with Crippen LogP contribution in [0.2, 0.25) is 5.02 Å². The fraction of sp³-hybridized carbons (Fsp3) is 0.167. The quantitative estimate of drug-likeness (QED) is 0.783. The van der Waals surface area contributed by atoms with Gasteiger partial charge in [0, 0.05) is 5.56 Å². The van der Waals surface area contributed by atoms with E-state index >= 15 is 0 Å². The second kappa shape index (κ2) is 5.64. The van der Waals surface area contributed by atoms with Gasteiger partial charge in [0.05, 0.1) is 16.6 Å². The second-order valence-electron chi connectivity index (χ2n) is 3.54. The van der Waals surface area contributed by atoms with Crippen LogP contribution in [0.5, 0.6) is 0 Å². The van der Waals surface area contributed by atoms with Crippen molar-refractivity contribution in [3.05, 3.63) is 53.0 Å². The lowest BCUT2D eigenvalue weighted by Crippen LogP contribution is -2.11. The lowest BCUT2D eigenvalue weighted by Gasteiger charge is -2.14. The van der Waals surface area contributed by atoms with Gasteiger partial charge in [0.1, 0.15) is 18.7 Å². The maximum atomic E-state index is 13.9. The molecule has 0 bridgehead atoms. The summed E-state index contributed by atoms with van der Waals surface area (Å²) in [5.41, 5.74) is 0.774. The molecule has 2 aromatic rings. The smallest absolute Gasteiger partial charge is 0.293 e. The third kappa shape index (κ3) is 2.51. The molecule has 0 saturated heterocycles. The van der Waals surface area contributed by atoms with Crippen LogP contribution >= 0.6 is 11.6 Å². The zero-order chi connectivity index (χ0) is 13.0. The van der Waals surface area contributed by atoms with E-state index in [-0.39, 0.29) is 11.6 Å². The Morgan fingerprint density at radius 1 is 1.56 bits per heavy atom. The average molecular weight is 270 g/mol. The number of hydrogen-bond donors (Lipinski definition) is 0. The molecule has 0 fully saturated rings. The molecule has 0 spiro atoms. The van der Waals surface area contributed by atoms with Crippen LogP contribution in [0.15, 0.2) is 35.3 Å². The molecule has 6 heteroatoms. The van der Waals surface area contributed by atoms with Crippen LogP contribution in [0, 0.1) is 5.82 Å². The van der Waals surface area contributed by atoms with Crippen molar-refractivity contribution < 1.29 is 18.3 Å². The Labute approximate surface area is 107 Å². The highest BCUT2D eigenvalue weighted by Crippen LogP contribution is 2.29. The number of carbonyl (C=O) groups is 1. The SMILES string of the molecule is O=COCC(c1cocn1)c1cccc(Cl)c1F. The zero-order valence-corrected chi connectivity index (χ0v) is 9.93. The first-order chi connectivity index (χ1) is 8.74. The Morgan fingerprint density at radius 3 is 3.06 bits per heavy atom. The van der Waals surface area contributed by atoms with Gasteiger partial charge in [-0.15, -0.1) is 0 Å². The van der Waals surface area contributed by atoms with Gasteiger partial charge in [-0.2, -0.15) is 0 Å². The van der Waals surface area contributed by atoms with E-state index in [1.54, 1.807) is 12.1 Å². The molecular weight excluding hydrogens is 261 g/mol. The molecule has 0 aliphatic heterocycles. The fourth-order valence-corrected chi connectivity index (χ4v) is 1.84. The standard InChI is InChI=1S/C12H9ClFNO3/c13-10-3-1-2-8(12(10)14)9(4-18-7-16)11-5-17-6-15-11/h1-3,5-7,9H,4H2. The highest BCUT2D eigenvalue weighted by Gasteiger charge is 2.22. The second-order valence-corrected chi connectivity index (χ2v) is 3.95. The van der Waals surface area contributed by atoms with E-state index < -0.39 is 11.7 Å². The summed E-state index contributed by atoms with van der Waals surface area (Å²) in [7, 11) is 0. The van der Waals surface area contributed by atoms with E-state index in [4.69, 9.17) is 20.8 Å². The van der Waals surface area contributed by atoms with Crippen LogP contribution in [0.4, 0.5) is 4.39 Å². The minimum Gasteiger partial charge on any atom is -0.467 e. The molecule has 0 aliphatic carbocycles. The Bertz CT molecular complexity index is 530. The van der Waals surface area contributed by atoms with Crippen molar-refractivity contribution in [3.8, 4) is 0 Å². The molecule has 4 nitrogen and oxygen atoms in total. The third-order valence-corrected chi connectivity index (χ3v) is 2.79. The van der Waals surface area contributed by atoms with E-state index in [9.17, 15) is 9.18 Å². The number of benzene rings is 1. The van der Waals surface area contributed by atoms with Crippen LogP contribution in [0.1, 0.15) is 17.2 Å². The highest BCUT2D eigenvalue weighted by molar-refractivity contribution is 6.30. The predicted octanol–water partition coefficient (Wildman–Crippen LogP) is 2.77. The van der Waals surface area contributed by atoms with Gasteiger partial charge in [0.25, 0.3) is 6.47 Å². The van der Waals surface area contributed by atoms with Crippen LogP contribution in [0.3, 0.4) is 0 Å². The van der Waals surface area contributed by atoms with Gasteiger partial charge in [0.15, 0.2) is 6.39 Å². The maximum absolute atomic E-state index is 13.9. The predicted molar refractivity (Wildman–Crippen MR) is 61.8 cm³/mol. The number of carbonyl (C=O) groups excluding carboxylic acids is 1. The Hall–Kier alpha value is -1.88. The van der Waals surface area contributed by atoms with Crippen LogP contribution in [-0.4, -0.2) is 18.1 Å². The third-order valence-electron chi connectivity index (χ3n) is 2.50.